The first-order valence-corrected chi connectivity index (χ1v) is 9.03. The lowest BCUT2D eigenvalue weighted by Gasteiger charge is -2.28. The fourth-order valence-electron chi connectivity index (χ4n) is 2.70. The quantitative estimate of drug-likeness (QED) is 0.902. The number of amides is 1. The van der Waals surface area contributed by atoms with Crippen molar-refractivity contribution < 1.29 is 14.1 Å². The van der Waals surface area contributed by atoms with Crippen LogP contribution in [0.5, 0.6) is 5.75 Å². The van der Waals surface area contributed by atoms with E-state index in [2.05, 4.69) is 4.99 Å². The van der Waals surface area contributed by atoms with Crippen LogP contribution in [0.4, 0.5) is 0 Å². The molecule has 2 unspecified atom stereocenters. The van der Waals surface area contributed by atoms with Crippen molar-refractivity contribution in [3.63, 3.8) is 0 Å². The number of benzene rings is 1. The number of hydrogen-bond donors (Lipinski definition) is 1. The fourth-order valence-corrected chi connectivity index (χ4v) is 3.67. The summed E-state index contributed by atoms with van der Waals surface area (Å²) < 4.78 is 11.9. The summed E-state index contributed by atoms with van der Waals surface area (Å²) in [4.78, 5) is 15.4. The molecule has 4 nitrogen and oxygen atoms in total. The van der Waals surface area contributed by atoms with Crippen LogP contribution in [0.1, 0.15) is 58.2 Å². The molecule has 0 saturated heterocycles. The molecule has 2 atom stereocenters. The van der Waals surface area contributed by atoms with Crippen LogP contribution in [0.3, 0.4) is 0 Å². The highest BCUT2D eigenvalue weighted by atomic mass is 32.2. The maximum Gasteiger partial charge on any atom is 0.262 e. The zero-order valence-electron chi connectivity index (χ0n) is 14.6. The van der Waals surface area contributed by atoms with Gasteiger partial charge in [0.05, 0.1) is 16.3 Å². The summed E-state index contributed by atoms with van der Waals surface area (Å²) in [5.41, 5.74) is 3.37. The number of aromatic hydroxyl groups is 1. The average Bonchev–Trinajstić information content (AvgIpc) is 2.69. The number of phenolic OH excluding ortho intramolecular Hbond substituents is 1. The summed E-state index contributed by atoms with van der Waals surface area (Å²) in [5, 5.41) is 10.1. The van der Waals surface area contributed by atoms with Crippen LogP contribution in [0, 0.1) is 0 Å². The number of phenols is 1. The van der Waals surface area contributed by atoms with Gasteiger partial charge in [0.25, 0.3) is 5.91 Å². The van der Waals surface area contributed by atoms with Crippen LogP contribution in [-0.2, 0) is 32.8 Å². The van der Waals surface area contributed by atoms with Crippen molar-refractivity contribution in [2.75, 3.05) is 0 Å². The predicted molar refractivity (Wildman–Crippen MR) is 94.6 cm³/mol. The Morgan fingerprint density at radius 1 is 1.09 bits per heavy atom. The Kier molecular flexibility index (Phi) is 4.55. The molecule has 1 heterocycles. The lowest BCUT2D eigenvalue weighted by Crippen LogP contribution is -2.23. The molecule has 1 N–H and O–H groups in total. The van der Waals surface area contributed by atoms with E-state index < -0.39 is 16.0 Å². The van der Waals surface area contributed by atoms with E-state index in [-0.39, 0.29) is 16.7 Å². The van der Waals surface area contributed by atoms with Gasteiger partial charge in [-0.05, 0) is 33.9 Å². The van der Waals surface area contributed by atoms with E-state index in [0.29, 0.717) is 12.2 Å². The van der Waals surface area contributed by atoms with Crippen LogP contribution in [0.15, 0.2) is 17.1 Å². The van der Waals surface area contributed by atoms with Gasteiger partial charge in [-0.25, -0.2) is 4.99 Å². The molecule has 126 valence electrons. The van der Waals surface area contributed by atoms with Gasteiger partial charge < -0.3 is 5.11 Å². The molecular formula is C18H25NO3S. The Morgan fingerprint density at radius 3 is 1.91 bits per heavy atom. The lowest BCUT2D eigenvalue weighted by atomic mass is 9.78. The Hall–Kier alpha value is -1.49. The number of carbonyl (C=O) groups is 1. The van der Waals surface area contributed by atoms with Gasteiger partial charge in [0.15, 0.2) is 0 Å². The summed E-state index contributed by atoms with van der Waals surface area (Å²) in [7, 11) is -1.36. The fraction of sp³-hybridized carbons (Fsp3) is 0.556. The van der Waals surface area contributed by atoms with Crippen molar-refractivity contribution in [3.8, 4) is 5.75 Å². The maximum absolute atomic E-state index is 11.9. The monoisotopic (exact) mass is 335 g/mol. The van der Waals surface area contributed by atoms with E-state index in [1.54, 1.807) is 0 Å². The van der Waals surface area contributed by atoms with Crippen LogP contribution in [-0.4, -0.2) is 26.0 Å². The first-order valence-electron chi connectivity index (χ1n) is 7.75. The third-order valence-corrected chi connectivity index (χ3v) is 5.29. The second kappa shape index (κ2) is 5.86. The summed E-state index contributed by atoms with van der Waals surface area (Å²) in [6.07, 6.45) is 0.373. The van der Waals surface area contributed by atoms with E-state index in [0.717, 1.165) is 16.7 Å². The topological polar surface area (TPSA) is 66.7 Å². The van der Waals surface area contributed by atoms with Crippen molar-refractivity contribution in [1.29, 1.82) is 0 Å². The van der Waals surface area contributed by atoms with E-state index in [1.165, 1.54) is 5.55 Å². The number of rotatable bonds is 2. The number of hydrogen-bond acceptors (Lipinski definition) is 3. The van der Waals surface area contributed by atoms with Crippen LogP contribution in [0.2, 0.25) is 0 Å². The van der Waals surface area contributed by atoms with Gasteiger partial charge in [0.2, 0.25) is 0 Å². The van der Waals surface area contributed by atoms with Crippen molar-refractivity contribution in [2.24, 2.45) is 4.99 Å². The van der Waals surface area contributed by atoms with E-state index in [1.807, 2.05) is 53.7 Å². The van der Waals surface area contributed by atoms with Crippen LogP contribution >= 0.6 is 0 Å². The Labute approximate surface area is 140 Å². The van der Waals surface area contributed by atoms with Crippen LogP contribution in [0.25, 0.3) is 0 Å². The summed E-state index contributed by atoms with van der Waals surface area (Å²) in [6.45, 7) is 12.3. The Bertz CT molecular complexity index is 640. The zero-order valence-corrected chi connectivity index (χ0v) is 15.5. The van der Waals surface area contributed by atoms with Crippen molar-refractivity contribution in [1.82, 2.24) is 0 Å². The van der Waals surface area contributed by atoms with E-state index in [4.69, 9.17) is 0 Å². The number of carbonyl (C=O) groups excluding carboxylic acids is 1. The second-order valence-corrected chi connectivity index (χ2v) is 9.57. The first kappa shape index (κ1) is 17.9. The molecule has 0 saturated carbocycles. The van der Waals surface area contributed by atoms with Gasteiger partial charge >= 0.3 is 0 Å². The average molecular weight is 335 g/mol. The van der Waals surface area contributed by atoms with E-state index >= 15 is 0 Å². The highest BCUT2D eigenvalue weighted by molar-refractivity contribution is 8.00. The Morgan fingerprint density at radius 2 is 1.57 bits per heavy atom. The largest absolute Gasteiger partial charge is 0.507 e. The van der Waals surface area contributed by atoms with Crippen molar-refractivity contribution in [3.05, 3.63) is 28.8 Å². The number of nitrogens with zero attached hydrogens (tertiary/aromatic N) is 1. The second-order valence-electron chi connectivity index (χ2n) is 8.13. The van der Waals surface area contributed by atoms with Crippen molar-refractivity contribution >= 4 is 22.3 Å². The molecule has 2 rings (SSSR count). The third-order valence-electron chi connectivity index (χ3n) is 4.05. The number of aliphatic imine (C=N–C) groups is 1. The van der Waals surface area contributed by atoms with Crippen molar-refractivity contribution in [2.45, 2.75) is 64.0 Å². The molecule has 23 heavy (non-hydrogen) atoms. The van der Waals surface area contributed by atoms with Gasteiger partial charge in [0, 0.05) is 0 Å². The lowest BCUT2D eigenvalue weighted by molar-refractivity contribution is -0.117. The molecule has 0 fully saturated rings. The van der Waals surface area contributed by atoms with E-state index in [9.17, 15) is 14.1 Å². The molecule has 1 aromatic rings. The minimum absolute atomic E-state index is 0.227. The Balaban J connectivity index is 2.52. The van der Waals surface area contributed by atoms with Gasteiger partial charge in [-0.1, -0.05) is 53.7 Å². The zero-order chi connectivity index (χ0) is 17.6. The molecule has 0 aliphatic carbocycles. The molecule has 1 aliphatic rings. The van der Waals surface area contributed by atoms with Crippen LogP contribution < -0.4 is 0 Å². The predicted octanol–water partition coefficient (Wildman–Crippen LogP) is 3.22. The molecule has 0 spiro atoms. The maximum atomic E-state index is 11.9. The minimum Gasteiger partial charge on any atom is -0.507 e. The smallest absolute Gasteiger partial charge is 0.262 e. The molecule has 1 aliphatic heterocycles. The van der Waals surface area contributed by atoms with Gasteiger partial charge in [-0.2, -0.15) is 0 Å². The molecule has 0 bridgehead atoms. The van der Waals surface area contributed by atoms with Gasteiger partial charge in [-0.3, -0.25) is 9.00 Å². The minimum atomic E-state index is -1.36. The standard InChI is InChI=1S/C18H25NO3S/c1-17(2,3)12-7-11(8-13(15(12)20)18(4,5)6)9-14-16(21)19-10-23(14)22/h7-8,10,14,20H,9H2,1-6H3. The highest BCUT2D eigenvalue weighted by Gasteiger charge is 2.31. The first-order chi connectivity index (χ1) is 10.4. The normalized spacial score (nSPS) is 21.9. The van der Waals surface area contributed by atoms with Gasteiger partial charge in [0.1, 0.15) is 11.0 Å². The summed E-state index contributed by atoms with van der Waals surface area (Å²) >= 11 is 0. The molecule has 1 aromatic carbocycles. The molecule has 0 radical (unpaired) electrons. The molecule has 1 amide bonds. The SMILES string of the molecule is CC(C)(C)c1cc(CC2C(=O)N=CS2=O)cc(C(C)(C)C)c1O. The summed E-state index contributed by atoms with van der Waals surface area (Å²) in [5.74, 6) is -0.0186. The third kappa shape index (κ3) is 3.71. The molecule has 5 heteroatoms. The molecular weight excluding hydrogens is 310 g/mol. The molecule has 0 aromatic heterocycles. The van der Waals surface area contributed by atoms with Gasteiger partial charge in [-0.15, -0.1) is 0 Å². The highest BCUT2D eigenvalue weighted by Crippen LogP contribution is 2.40. The summed E-state index contributed by atoms with van der Waals surface area (Å²) in [6, 6.07) is 3.85.